The van der Waals surface area contributed by atoms with Gasteiger partial charge in [-0.2, -0.15) is 0 Å². The van der Waals surface area contributed by atoms with E-state index in [1.165, 1.54) is 6.42 Å². The summed E-state index contributed by atoms with van der Waals surface area (Å²) >= 11 is 0. The molecule has 1 aromatic rings. The Labute approximate surface area is 126 Å². The second-order valence-corrected chi connectivity index (χ2v) is 5.47. The summed E-state index contributed by atoms with van der Waals surface area (Å²) in [4.78, 5) is 18.8. The number of carbonyl (C=O) groups excluding carboxylic acids is 1. The zero-order chi connectivity index (χ0) is 15.1. The van der Waals surface area contributed by atoms with Crippen LogP contribution in [0.3, 0.4) is 0 Å². The SMILES string of the molecule is CCNc1cnccc1C(=O)N(CCO)C1CCCCC1. The monoisotopic (exact) mass is 291 g/mol. The first kappa shape index (κ1) is 15.8. The highest BCUT2D eigenvalue weighted by atomic mass is 16.3. The molecule has 5 heteroatoms. The Hall–Kier alpha value is -1.62. The Morgan fingerprint density at radius 1 is 1.43 bits per heavy atom. The van der Waals surface area contributed by atoms with Gasteiger partial charge in [-0.25, -0.2) is 0 Å². The fourth-order valence-corrected chi connectivity index (χ4v) is 3.02. The summed E-state index contributed by atoms with van der Waals surface area (Å²) < 4.78 is 0. The number of anilines is 1. The molecule has 116 valence electrons. The second kappa shape index (κ2) is 7.98. The Kier molecular flexibility index (Phi) is 5.99. The largest absolute Gasteiger partial charge is 0.395 e. The molecule has 0 atom stereocenters. The molecule has 5 nitrogen and oxygen atoms in total. The molecule has 0 bridgehead atoms. The van der Waals surface area contributed by atoms with E-state index in [1.807, 2.05) is 11.8 Å². The third kappa shape index (κ3) is 3.94. The van der Waals surface area contributed by atoms with Crippen LogP contribution in [0.5, 0.6) is 0 Å². The summed E-state index contributed by atoms with van der Waals surface area (Å²) in [7, 11) is 0. The molecule has 1 aliphatic rings. The summed E-state index contributed by atoms with van der Waals surface area (Å²) in [6.45, 7) is 3.14. The standard InChI is InChI=1S/C16H25N3O2/c1-2-18-15-12-17-9-8-14(15)16(21)19(10-11-20)13-6-4-3-5-7-13/h8-9,12-13,18,20H,2-7,10-11H2,1H3. The predicted molar refractivity (Wildman–Crippen MR) is 83.4 cm³/mol. The molecule has 1 saturated carbocycles. The number of rotatable bonds is 6. The van der Waals surface area contributed by atoms with E-state index in [0.29, 0.717) is 12.1 Å². The van der Waals surface area contributed by atoms with Crippen molar-refractivity contribution in [3.63, 3.8) is 0 Å². The molecule has 0 aromatic carbocycles. The summed E-state index contributed by atoms with van der Waals surface area (Å²) in [6.07, 6.45) is 8.98. The quantitative estimate of drug-likeness (QED) is 0.844. The zero-order valence-electron chi connectivity index (χ0n) is 12.7. The maximum absolute atomic E-state index is 12.9. The number of aliphatic hydroxyl groups is 1. The highest BCUT2D eigenvalue weighted by Gasteiger charge is 2.27. The molecule has 2 N–H and O–H groups in total. The molecular formula is C16H25N3O2. The normalized spacial score (nSPS) is 15.7. The van der Waals surface area contributed by atoms with Crippen LogP contribution in [0.1, 0.15) is 49.4 Å². The van der Waals surface area contributed by atoms with Crippen LogP contribution in [0.15, 0.2) is 18.5 Å². The fourth-order valence-electron chi connectivity index (χ4n) is 3.02. The summed E-state index contributed by atoms with van der Waals surface area (Å²) in [5.41, 5.74) is 1.41. The minimum atomic E-state index is -0.00528. The second-order valence-electron chi connectivity index (χ2n) is 5.47. The molecule has 0 unspecified atom stereocenters. The Morgan fingerprint density at radius 2 is 2.19 bits per heavy atom. The topological polar surface area (TPSA) is 65.5 Å². The maximum Gasteiger partial charge on any atom is 0.256 e. The molecule has 0 radical (unpaired) electrons. The number of nitrogens with one attached hydrogen (secondary N) is 1. The van der Waals surface area contributed by atoms with Crippen molar-refractivity contribution in [2.75, 3.05) is 25.0 Å². The molecule has 1 fully saturated rings. The number of nitrogens with zero attached hydrogens (tertiary/aromatic N) is 2. The van der Waals surface area contributed by atoms with E-state index >= 15 is 0 Å². The summed E-state index contributed by atoms with van der Waals surface area (Å²) in [5.74, 6) is -0.00528. The number of amides is 1. The first-order valence-corrected chi connectivity index (χ1v) is 7.87. The van der Waals surface area contributed by atoms with Gasteiger partial charge in [-0.15, -0.1) is 0 Å². The van der Waals surface area contributed by atoms with Crippen molar-refractivity contribution in [1.29, 1.82) is 0 Å². The number of hydrogen-bond donors (Lipinski definition) is 2. The van der Waals surface area contributed by atoms with Crippen molar-refractivity contribution < 1.29 is 9.90 Å². The Morgan fingerprint density at radius 3 is 2.86 bits per heavy atom. The molecule has 1 aliphatic carbocycles. The van der Waals surface area contributed by atoms with Gasteiger partial charge >= 0.3 is 0 Å². The van der Waals surface area contributed by atoms with Gasteiger partial charge < -0.3 is 15.3 Å². The number of aliphatic hydroxyl groups excluding tert-OH is 1. The molecule has 1 amide bonds. The number of hydrogen-bond acceptors (Lipinski definition) is 4. The maximum atomic E-state index is 12.9. The zero-order valence-corrected chi connectivity index (χ0v) is 12.7. The van der Waals surface area contributed by atoms with Crippen LogP contribution >= 0.6 is 0 Å². The molecule has 1 heterocycles. The van der Waals surface area contributed by atoms with Gasteiger partial charge in [0.1, 0.15) is 0 Å². The van der Waals surface area contributed by atoms with Gasteiger partial charge in [-0.3, -0.25) is 9.78 Å². The van der Waals surface area contributed by atoms with Gasteiger partial charge in [0.15, 0.2) is 0 Å². The van der Waals surface area contributed by atoms with Gasteiger partial charge in [0, 0.05) is 25.3 Å². The van der Waals surface area contributed by atoms with E-state index in [-0.39, 0.29) is 18.6 Å². The van der Waals surface area contributed by atoms with Crippen LogP contribution in [0.25, 0.3) is 0 Å². The fraction of sp³-hybridized carbons (Fsp3) is 0.625. The Bertz CT molecular complexity index is 459. The highest BCUT2D eigenvalue weighted by Crippen LogP contribution is 2.25. The molecule has 0 spiro atoms. The van der Waals surface area contributed by atoms with Crippen LogP contribution in [0.2, 0.25) is 0 Å². The smallest absolute Gasteiger partial charge is 0.256 e. The van der Waals surface area contributed by atoms with E-state index in [1.54, 1.807) is 18.5 Å². The summed E-state index contributed by atoms with van der Waals surface area (Å²) in [6, 6.07) is 2.01. The van der Waals surface area contributed by atoms with Gasteiger partial charge in [-0.05, 0) is 25.8 Å². The molecular weight excluding hydrogens is 266 g/mol. The molecule has 21 heavy (non-hydrogen) atoms. The predicted octanol–water partition coefficient (Wildman–Crippen LogP) is 2.28. The van der Waals surface area contributed by atoms with Crippen molar-refractivity contribution in [1.82, 2.24) is 9.88 Å². The third-order valence-electron chi connectivity index (χ3n) is 4.04. The van der Waals surface area contributed by atoms with Crippen molar-refractivity contribution in [3.8, 4) is 0 Å². The number of pyridine rings is 1. The number of carbonyl (C=O) groups is 1. The van der Waals surface area contributed by atoms with Gasteiger partial charge in [0.05, 0.1) is 24.1 Å². The van der Waals surface area contributed by atoms with Crippen LogP contribution in [0.4, 0.5) is 5.69 Å². The van der Waals surface area contributed by atoms with Crippen LogP contribution < -0.4 is 5.32 Å². The summed E-state index contributed by atoms with van der Waals surface area (Å²) in [5, 5.41) is 12.5. The van der Waals surface area contributed by atoms with Crippen LogP contribution in [-0.4, -0.2) is 46.6 Å². The van der Waals surface area contributed by atoms with Crippen LogP contribution in [-0.2, 0) is 0 Å². The molecule has 1 aromatic heterocycles. The van der Waals surface area contributed by atoms with E-state index < -0.39 is 0 Å². The average molecular weight is 291 g/mol. The lowest BCUT2D eigenvalue weighted by atomic mass is 9.93. The Balaban J connectivity index is 2.21. The van der Waals surface area contributed by atoms with Crippen molar-refractivity contribution >= 4 is 11.6 Å². The average Bonchev–Trinajstić information content (AvgIpc) is 2.54. The van der Waals surface area contributed by atoms with Crippen molar-refractivity contribution in [2.45, 2.75) is 45.1 Å². The number of aromatic nitrogens is 1. The molecule has 0 saturated heterocycles. The minimum absolute atomic E-state index is 0.00383. The van der Waals surface area contributed by atoms with E-state index in [2.05, 4.69) is 10.3 Å². The first-order chi connectivity index (χ1) is 10.3. The van der Waals surface area contributed by atoms with Gasteiger partial charge in [-0.1, -0.05) is 19.3 Å². The van der Waals surface area contributed by atoms with E-state index in [0.717, 1.165) is 37.9 Å². The van der Waals surface area contributed by atoms with Gasteiger partial charge in [0.25, 0.3) is 5.91 Å². The highest BCUT2D eigenvalue weighted by molar-refractivity contribution is 5.99. The molecule has 2 rings (SSSR count). The first-order valence-electron chi connectivity index (χ1n) is 7.87. The van der Waals surface area contributed by atoms with E-state index in [4.69, 9.17) is 0 Å². The molecule has 0 aliphatic heterocycles. The van der Waals surface area contributed by atoms with Gasteiger partial charge in [0.2, 0.25) is 0 Å². The van der Waals surface area contributed by atoms with Crippen molar-refractivity contribution in [2.24, 2.45) is 0 Å². The minimum Gasteiger partial charge on any atom is -0.395 e. The third-order valence-corrected chi connectivity index (χ3v) is 4.04. The van der Waals surface area contributed by atoms with E-state index in [9.17, 15) is 9.90 Å². The lowest BCUT2D eigenvalue weighted by Crippen LogP contribution is -2.43. The van der Waals surface area contributed by atoms with Crippen LogP contribution in [0, 0.1) is 0 Å². The lowest BCUT2D eigenvalue weighted by molar-refractivity contribution is 0.0586. The lowest BCUT2D eigenvalue weighted by Gasteiger charge is -2.34. The van der Waals surface area contributed by atoms with Crippen molar-refractivity contribution in [3.05, 3.63) is 24.0 Å².